The van der Waals surface area contributed by atoms with Gasteiger partial charge in [-0.3, -0.25) is 25.0 Å². The molecule has 0 fully saturated rings. The molecule has 1 N–H and O–H groups in total. The minimum atomic E-state index is -0.811. The van der Waals surface area contributed by atoms with Gasteiger partial charge in [-0.15, -0.1) is 0 Å². The summed E-state index contributed by atoms with van der Waals surface area (Å²) in [4.78, 5) is 33.0. The van der Waals surface area contributed by atoms with Crippen molar-refractivity contribution in [3.8, 4) is 5.75 Å². The van der Waals surface area contributed by atoms with E-state index in [4.69, 9.17) is 4.74 Å². The van der Waals surface area contributed by atoms with Crippen LogP contribution in [-0.2, 0) is 0 Å². The van der Waals surface area contributed by atoms with Crippen LogP contribution in [0.15, 0.2) is 42.5 Å². The van der Waals surface area contributed by atoms with E-state index in [1.165, 1.54) is 42.5 Å². The number of nitro groups is 2. The molecule has 24 heavy (non-hydrogen) atoms. The van der Waals surface area contributed by atoms with Crippen LogP contribution in [0.3, 0.4) is 0 Å². The number of nitrogens with zero attached hydrogens (tertiary/aromatic N) is 2. The van der Waals surface area contributed by atoms with Crippen LogP contribution in [0.4, 0.5) is 17.1 Å². The van der Waals surface area contributed by atoms with E-state index in [0.717, 1.165) is 0 Å². The molecule has 0 bridgehead atoms. The summed E-state index contributed by atoms with van der Waals surface area (Å²) in [6.07, 6.45) is 0. The van der Waals surface area contributed by atoms with Crippen molar-refractivity contribution >= 4 is 23.0 Å². The summed E-state index contributed by atoms with van der Waals surface area (Å²) in [5.41, 5.74) is -1.02. The number of carbonyl (C=O) groups is 1. The van der Waals surface area contributed by atoms with E-state index in [1.54, 1.807) is 6.92 Å². The molecule has 0 aliphatic carbocycles. The van der Waals surface area contributed by atoms with Crippen LogP contribution in [0.25, 0.3) is 0 Å². The normalized spacial score (nSPS) is 10.0. The maximum atomic E-state index is 12.3. The fraction of sp³-hybridized carbons (Fsp3) is 0.133. The first kappa shape index (κ1) is 16.9. The van der Waals surface area contributed by atoms with Crippen molar-refractivity contribution in [2.24, 2.45) is 0 Å². The Labute approximate surface area is 136 Å². The summed E-state index contributed by atoms with van der Waals surface area (Å²) in [6, 6.07) is 9.30. The number of amides is 1. The standard InChI is InChI=1S/C15H13N3O6/c1-2-24-10-7-8-12(14(9-10)18(22)23)16-15(19)11-5-3-4-6-13(11)17(20)21/h3-9H,2H2,1H3,(H,16,19). The van der Waals surface area contributed by atoms with Gasteiger partial charge in [0.25, 0.3) is 17.3 Å². The first-order valence-corrected chi connectivity index (χ1v) is 6.90. The highest BCUT2D eigenvalue weighted by Crippen LogP contribution is 2.30. The zero-order chi connectivity index (χ0) is 17.7. The van der Waals surface area contributed by atoms with Crippen LogP contribution in [0.2, 0.25) is 0 Å². The van der Waals surface area contributed by atoms with E-state index >= 15 is 0 Å². The van der Waals surface area contributed by atoms with E-state index in [2.05, 4.69) is 5.32 Å². The monoisotopic (exact) mass is 331 g/mol. The average molecular weight is 331 g/mol. The van der Waals surface area contributed by atoms with Crippen LogP contribution in [0, 0.1) is 20.2 Å². The second-order valence-corrected chi connectivity index (χ2v) is 4.60. The van der Waals surface area contributed by atoms with Gasteiger partial charge in [0, 0.05) is 6.07 Å². The quantitative estimate of drug-likeness (QED) is 0.640. The molecule has 0 radical (unpaired) electrons. The number of hydrogen-bond acceptors (Lipinski definition) is 6. The van der Waals surface area contributed by atoms with Crippen LogP contribution < -0.4 is 10.1 Å². The third kappa shape index (κ3) is 3.64. The van der Waals surface area contributed by atoms with Gasteiger partial charge in [-0.05, 0) is 25.1 Å². The first-order chi connectivity index (χ1) is 11.4. The number of nitrogens with one attached hydrogen (secondary N) is 1. The molecular formula is C15H13N3O6. The topological polar surface area (TPSA) is 125 Å². The number of nitro benzene ring substituents is 2. The van der Waals surface area contributed by atoms with Gasteiger partial charge in [-0.1, -0.05) is 12.1 Å². The molecule has 0 heterocycles. The van der Waals surface area contributed by atoms with Gasteiger partial charge in [-0.25, -0.2) is 0 Å². The van der Waals surface area contributed by atoms with Crippen LogP contribution >= 0.6 is 0 Å². The maximum absolute atomic E-state index is 12.3. The lowest BCUT2D eigenvalue weighted by atomic mass is 10.1. The van der Waals surface area contributed by atoms with Crippen LogP contribution in [0.5, 0.6) is 5.75 Å². The number of ether oxygens (including phenoxy) is 1. The highest BCUT2D eigenvalue weighted by Gasteiger charge is 2.22. The third-order valence-electron chi connectivity index (χ3n) is 3.07. The molecule has 0 atom stereocenters. The number of para-hydroxylation sites is 1. The molecule has 2 rings (SSSR count). The lowest BCUT2D eigenvalue weighted by molar-refractivity contribution is -0.385. The summed E-state index contributed by atoms with van der Waals surface area (Å²) in [6.45, 7) is 2.06. The lowest BCUT2D eigenvalue weighted by Gasteiger charge is -2.08. The van der Waals surface area contributed by atoms with E-state index in [0.29, 0.717) is 6.61 Å². The van der Waals surface area contributed by atoms with Crippen molar-refractivity contribution in [2.45, 2.75) is 6.92 Å². The van der Waals surface area contributed by atoms with E-state index in [-0.39, 0.29) is 28.4 Å². The van der Waals surface area contributed by atoms with Gasteiger partial charge in [0.1, 0.15) is 17.0 Å². The average Bonchev–Trinajstić information content (AvgIpc) is 2.56. The second kappa shape index (κ2) is 7.18. The molecule has 0 aromatic heterocycles. The molecule has 9 nitrogen and oxygen atoms in total. The summed E-state index contributed by atoms with van der Waals surface area (Å²) >= 11 is 0. The van der Waals surface area contributed by atoms with Gasteiger partial charge >= 0.3 is 0 Å². The Bertz CT molecular complexity index is 806. The summed E-state index contributed by atoms with van der Waals surface area (Å²) < 4.78 is 5.19. The molecule has 124 valence electrons. The van der Waals surface area contributed by atoms with Gasteiger partial charge in [-0.2, -0.15) is 0 Å². The number of benzene rings is 2. The lowest BCUT2D eigenvalue weighted by Crippen LogP contribution is -2.15. The number of anilines is 1. The number of hydrogen-bond donors (Lipinski definition) is 1. The van der Waals surface area contributed by atoms with Crippen molar-refractivity contribution in [2.75, 3.05) is 11.9 Å². The minimum absolute atomic E-state index is 0.0772. The highest BCUT2D eigenvalue weighted by atomic mass is 16.6. The van der Waals surface area contributed by atoms with E-state index in [9.17, 15) is 25.0 Å². The first-order valence-electron chi connectivity index (χ1n) is 6.90. The Morgan fingerprint density at radius 1 is 1.08 bits per heavy atom. The molecule has 0 aliphatic heterocycles. The second-order valence-electron chi connectivity index (χ2n) is 4.60. The number of carbonyl (C=O) groups excluding carboxylic acids is 1. The van der Waals surface area contributed by atoms with E-state index in [1.807, 2.05) is 0 Å². The van der Waals surface area contributed by atoms with Crippen molar-refractivity contribution in [1.29, 1.82) is 0 Å². The summed E-state index contributed by atoms with van der Waals surface area (Å²) in [5.74, 6) is -0.526. The molecule has 0 spiro atoms. The van der Waals surface area contributed by atoms with Crippen molar-refractivity contribution in [1.82, 2.24) is 0 Å². The Balaban J connectivity index is 2.36. The fourth-order valence-corrected chi connectivity index (χ4v) is 2.04. The third-order valence-corrected chi connectivity index (χ3v) is 3.07. The van der Waals surface area contributed by atoms with Gasteiger partial charge in [0.05, 0.1) is 22.5 Å². The van der Waals surface area contributed by atoms with Crippen molar-refractivity contribution in [3.05, 3.63) is 68.3 Å². The molecular weight excluding hydrogens is 318 g/mol. The molecule has 2 aromatic rings. The minimum Gasteiger partial charge on any atom is -0.494 e. The Morgan fingerprint density at radius 2 is 1.75 bits per heavy atom. The Hall–Kier alpha value is -3.49. The largest absolute Gasteiger partial charge is 0.494 e. The zero-order valence-corrected chi connectivity index (χ0v) is 12.6. The van der Waals surface area contributed by atoms with Gasteiger partial charge in [0.15, 0.2) is 0 Å². The predicted molar refractivity (Wildman–Crippen MR) is 85.3 cm³/mol. The van der Waals surface area contributed by atoms with Crippen molar-refractivity contribution < 1.29 is 19.4 Å². The molecule has 0 saturated carbocycles. The van der Waals surface area contributed by atoms with Gasteiger partial charge in [0.2, 0.25) is 0 Å². The van der Waals surface area contributed by atoms with E-state index < -0.39 is 15.8 Å². The fourth-order valence-electron chi connectivity index (χ4n) is 2.04. The molecule has 0 saturated heterocycles. The Morgan fingerprint density at radius 3 is 2.38 bits per heavy atom. The molecule has 1 amide bonds. The maximum Gasteiger partial charge on any atom is 0.296 e. The Kier molecular flexibility index (Phi) is 5.05. The molecule has 0 unspecified atom stereocenters. The van der Waals surface area contributed by atoms with Crippen molar-refractivity contribution in [3.63, 3.8) is 0 Å². The smallest absolute Gasteiger partial charge is 0.296 e. The van der Waals surface area contributed by atoms with Crippen LogP contribution in [0.1, 0.15) is 17.3 Å². The zero-order valence-electron chi connectivity index (χ0n) is 12.6. The molecule has 9 heteroatoms. The number of rotatable bonds is 6. The van der Waals surface area contributed by atoms with Gasteiger partial charge < -0.3 is 10.1 Å². The molecule has 0 aliphatic rings. The predicted octanol–water partition coefficient (Wildman–Crippen LogP) is 3.15. The summed E-state index contributed by atoms with van der Waals surface area (Å²) in [5, 5.41) is 24.5. The molecule has 2 aromatic carbocycles. The summed E-state index contributed by atoms with van der Waals surface area (Å²) in [7, 11) is 0. The SMILES string of the molecule is CCOc1ccc(NC(=O)c2ccccc2[N+](=O)[O-])c([N+](=O)[O-])c1. The van der Waals surface area contributed by atoms with Crippen LogP contribution in [-0.4, -0.2) is 22.4 Å². The highest BCUT2D eigenvalue weighted by molar-refractivity contribution is 6.08.